The van der Waals surface area contributed by atoms with Gasteiger partial charge in [-0.15, -0.1) is 11.3 Å². The van der Waals surface area contributed by atoms with Crippen LogP contribution in [0.25, 0.3) is 0 Å². The van der Waals surface area contributed by atoms with E-state index in [0.717, 1.165) is 24.4 Å². The van der Waals surface area contributed by atoms with Crippen molar-refractivity contribution in [3.63, 3.8) is 0 Å². The second kappa shape index (κ2) is 6.63. The fourth-order valence-corrected chi connectivity index (χ4v) is 4.37. The van der Waals surface area contributed by atoms with E-state index in [4.69, 9.17) is 0 Å². The molecule has 4 rings (SSSR count). The van der Waals surface area contributed by atoms with Gasteiger partial charge in [-0.2, -0.15) is 5.10 Å². The number of thiophene rings is 1. The van der Waals surface area contributed by atoms with Crippen molar-refractivity contribution in [2.24, 2.45) is 0 Å². The minimum Gasteiger partial charge on any atom is -0.342 e. The van der Waals surface area contributed by atoms with Crippen LogP contribution in [0.4, 0.5) is 0 Å². The van der Waals surface area contributed by atoms with Crippen molar-refractivity contribution in [1.29, 1.82) is 0 Å². The van der Waals surface area contributed by atoms with Crippen molar-refractivity contribution in [3.8, 4) is 0 Å². The van der Waals surface area contributed by atoms with Crippen LogP contribution in [0.2, 0.25) is 0 Å². The van der Waals surface area contributed by atoms with Crippen molar-refractivity contribution < 1.29 is 9.59 Å². The van der Waals surface area contributed by atoms with E-state index in [0.29, 0.717) is 32.4 Å². The van der Waals surface area contributed by atoms with Gasteiger partial charge in [0.25, 0.3) is 5.91 Å². The lowest BCUT2D eigenvalue weighted by molar-refractivity contribution is -0.150. The first-order valence-electron chi connectivity index (χ1n) is 8.79. The van der Waals surface area contributed by atoms with E-state index in [-0.39, 0.29) is 11.8 Å². The van der Waals surface area contributed by atoms with Crippen molar-refractivity contribution in [3.05, 3.63) is 40.8 Å². The summed E-state index contributed by atoms with van der Waals surface area (Å²) in [6.07, 6.45) is 6.37. The summed E-state index contributed by atoms with van der Waals surface area (Å²) < 4.78 is 1.81. The third kappa shape index (κ3) is 2.97. The molecule has 4 heterocycles. The Labute approximate surface area is 151 Å². The standard InChI is InChI=1S/C18H22N4O2S/c23-16(14-15-4-1-13-25-15)20-11-5-18(6-12-20,22-10-2-7-19-22)17(24)21-8-3-9-21/h1-2,4,7,10,13H,3,5-6,8-9,11-12,14H2. The molecule has 25 heavy (non-hydrogen) atoms. The van der Waals surface area contributed by atoms with Gasteiger partial charge < -0.3 is 9.80 Å². The van der Waals surface area contributed by atoms with E-state index in [2.05, 4.69) is 5.10 Å². The number of carbonyl (C=O) groups is 2. The van der Waals surface area contributed by atoms with E-state index in [1.165, 1.54) is 0 Å². The molecule has 2 aromatic rings. The van der Waals surface area contributed by atoms with Crippen LogP contribution in [0.3, 0.4) is 0 Å². The Hall–Kier alpha value is -2.15. The van der Waals surface area contributed by atoms with Crippen molar-refractivity contribution in [2.75, 3.05) is 26.2 Å². The minimum atomic E-state index is -0.635. The van der Waals surface area contributed by atoms with E-state index in [9.17, 15) is 9.59 Å². The number of nitrogens with zero attached hydrogens (tertiary/aromatic N) is 4. The number of carbonyl (C=O) groups excluding carboxylic acids is 2. The molecule has 0 saturated carbocycles. The normalized spacial score (nSPS) is 19.5. The highest BCUT2D eigenvalue weighted by Gasteiger charge is 2.47. The van der Waals surface area contributed by atoms with Gasteiger partial charge in [-0.1, -0.05) is 6.07 Å². The Morgan fingerprint density at radius 3 is 2.48 bits per heavy atom. The zero-order chi connectivity index (χ0) is 17.3. The molecule has 132 valence electrons. The largest absolute Gasteiger partial charge is 0.342 e. The van der Waals surface area contributed by atoms with E-state index >= 15 is 0 Å². The maximum absolute atomic E-state index is 13.1. The van der Waals surface area contributed by atoms with Gasteiger partial charge >= 0.3 is 0 Å². The third-order valence-corrected chi connectivity index (χ3v) is 6.21. The zero-order valence-electron chi connectivity index (χ0n) is 14.1. The van der Waals surface area contributed by atoms with Crippen LogP contribution in [0.1, 0.15) is 24.1 Å². The van der Waals surface area contributed by atoms with E-state index < -0.39 is 5.54 Å². The predicted octanol–water partition coefficient (Wildman–Crippen LogP) is 1.74. The van der Waals surface area contributed by atoms with Gasteiger partial charge in [-0.3, -0.25) is 14.3 Å². The van der Waals surface area contributed by atoms with Gasteiger partial charge in [0.15, 0.2) is 0 Å². The SMILES string of the molecule is O=C(Cc1cccs1)N1CCC(C(=O)N2CCC2)(n2cccn2)CC1. The average molecular weight is 358 g/mol. The summed E-state index contributed by atoms with van der Waals surface area (Å²) in [6, 6.07) is 5.82. The predicted molar refractivity (Wildman–Crippen MR) is 95.2 cm³/mol. The van der Waals surface area contributed by atoms with Gasteiger partial charge in [0.2, 0.25) is 5.91 Å². The van der Waals surface area contributed by atoms with Gasteiger partial charge in [0.05, 0.1) is 6.42 Å². The number of hydrogen-bond acceptors (Lipinski definition) is 4. The maximum Gasteiger partial charge on any atom is 0.250 e. The third-order valence-electron chi connectivity index (χ3n) is 5.33. The maximum atomic E-state index is 13.1. The van der Waals surface area contributed by atoms with Crippen LogP contribution in [-0.4, -0.2) is 57.6 Å². The Morgan fingerprint density at radius 2 is 1.92 bits per heavy atom. The van der Waals surface area contributed by atoms with Gasteiger partial charge in [0.1, 0.15) is 5.54 Å². The smallest absolute Gasteiger partial charge is 0.250 e. The van der Waals surface area contributed by atoms with Crippen LogP contribution in [-0.2, 0) is 21.5 Å². The van der Waals surface area contributed by atoms with Crippen LogP contribution >= 0.6 is 11.3 Å². The molecular formula is C18H22N4O2S. The number of aromatic nitrogens is 2. The summed E-state index contributed by atoms with van der Waals surface area (Å²) >= 11 is 1.61. The first kappa shape index (κ1) is 16.3. The van der Waals surface area contributed by atoms with Crippen molar-refractivity contribution >= 4 is 23.2 Å². The summed E-state index contributed by atoms with van der Waals surface area (Å²) in [7, 11) is 0. The number of rotatable bonds is 4. The molecular weight excluding hydrogens is 336 g/mol. The first-order valence-corrected chi connectivity index (χ1v) is 9.67. The fraction of sp³-hybridized carbons (Fsp3) is 0.500. The van der Waals surface area contributed by atoms with Gasteiger partial charge in [-0.05, 0) is 36.8 Å². The van der Waals surface area contributed by atoms with Crippen molar-refractivity contribution in [2.45, 2.75) is 31.2 Å². The summed E-state index contributed by atoms with van der Waals surface area (Å²) in [5, 5.41) is 6.37. The molecule has 0 radical (unpaired) electrons. The lowest BCUT2D eigenvalue weighted by Gasteiger charge is -2.45. The summed E-state index contributed by atoms with van der Waals surface area (Å²) in [6.45, 7) is 2.87. The number of likely N-dealkylation sites (tertiary alicyclic amines) is 2. The monoisotopic (exact) mass is 358 g/mol. The Kier molecular flexibility index (Phi) is 4.33. The highest BCUT2D eigenvalue weighted by Crippen LogP contribution is 2.33. The average Bonchev–Trinajstić information content (AvgIpc) is 3.27. The quantitative estimate of drug-likeness (QED) is 0.836. The molecule has 2 saturated heterocycles. The molecule has 0 aromatic carbocycles. The molecule has 7 heteroatoms. The molecule has 2 aliphatic heterocycles. The molecule has 2 aliphatic rings. The number of piperidine rings is 1. The topological polar surface area (TPSA) is 58.4 Å². The van der Waals surface area contributed by atoms with Crippen LogP contribution in [0.5, 0.6) is 0 Å². The summed E-state index contributed by atoms with van der Waals surface area (Å²) in [5.74, 6) is 0.306. The molecule has 2 aromatic heterocycles. The minimum absolute atomic E-state index is 0.146. The summed E-state index contributed by atoms with van der Waals surface area (Å²) in [5.41, 5.74) is -0.635. The summed E-state index contributed by atoms with van der Waals surface area (Å²) in [4.78, 5) is 30.5. The fourth-order valence-electron chi connectivity index (χ4n) is 3.68. The molecule has 0 aliphatic carbocycles. The lowest BCUT2D eigenvalue weighted by Crippen LogP contribution is -2.59. The molecule has 2 fully saturated rings. The van der Waals surface area contributed by atoms with Gasteiger partial charge in [-0.25, -0.2) is 0 Å². The first-order chi connectivity index (χ1) is 12.2. The Morgan fingerprint density at radius 1 is 1.12 bits per heavy atom. The Bertz CT molecular complexity index is 729. The van der Waals surface area contributed by atoms with E-state index in [1.54, 1.807) is 17.5 Å². The second-order valence-corrected chi connectivity index (χ2v) is 7.80. The Balaban J connectivity index is 1.48. The van der Waals surface area contributed by atoms with E-state index in [1.807, 2.05) is 44.3 Å². The van der Waals surface area contributed by atoms with Crippen LogP contribution in [0.15, 0.2) is 36.0 Å². The highest BCUT2D eigenvalue weighted by molar-refractivity contribution is 7.10. The molecule has 0 atom stereocenters. The molecule has 0 spiro atoms. The molecule has 0 bridgehead atoms. The zero-order valence-corrected chi connectivity index (χ0v) is 15.0. The van der Waals surface area contributed by atoms with Gasteiger partial charge in [0, 0.05) is 43.4 Å². The molecule has 0 unspecified atom stereocenters. The number of hydrogen-bond donors (Lipinski definition) is 0. The molecule has 2 amide bonds. The number of amides is 2. The highest BCUT2D eigenvalue weighted by atomic mass is 32.1. The van der Waals surface area contributed by atoms with Crippen molar-refractivity contribution in [1.82, 2.24) is 19.6 Å². The molecule has 6 nitrogen and oxygen atoms in total. The van der Waals surface area contributed by atoms with Crippen LogP contribution in [0, 0.1) is 0 Å². The second-order valence-electron chi connectivity index (χ2n) is 6.76. The molecule has 0 N–H and O–H groups in total. The lowest BCUT2D eigenvalue weighted by atomic mass is 9.85. The van der Waals surface area contributed by atoms with Crippen LogP contribution < -0.4 is 0 Å².